The molecule has 3 nitrogen and oxygen atoms in total. The van der Waals surface area contributed by atoms with Gasteiger partial charge in [-0.05, 0) is 47.7 Å². The van der Waals surface area contributed by atoms with Crippen molar-refractivity contribution >= 4 is 44.7 Å². The molecule has 0 aliphatic carbocycles. The predicted molar refractivity (Wildman–Crippen MR) is 123 cm³/mol. The minimum atomic E-state index is -0.415. The van der Waals surface area contributed by atoms with Gasteiger partial charge in [0, 0.05) is 26.8 Å². The lowest BCUT2D eigenvalue weighted by Gasteiger charge is -2.10. The standard InChI is InChI=1S/C24H18FNO2S2/c1-29-18-10-11-21-19(13-18)22(24(28)30-21)23(27)26-14-20(15-6-3-2-4-7-15)16-8-5-9-17(25)12-16/h2-14,28H,1H3,(H,26,27)/b20-14+. The van der Waals surface area contributed by atoms with Crippen LogP contribution in [0.5, 0.6) is 5.06 Å². The summed E-state index contributed by atoms with van der Waals surface area (Å²) < 4.78 is 14.7. The molecule has 4 aromatic rings. The summed E-state index contributed by atoms with van der Waals surface area (Å²) in [5, 5.41) is 13.9. The van der Waals surface area contributed by atoms with Gasteiger partial charge in [0.25, 0.3) is 5.91 Å². The first-order valence-corrected chi connectivity index (χ1v) is 11.2. The van der Waals surface area contributed by atoms with E-state index < -0.39 is 5.91 Å². The maximum atomic E-state index is 13.8. The SMILES string of the molecule is CSc1ccc2sc(O)c(C(=O)N/C=C(\c3ccccc3)c3cccc(F)c3)c2c1. The Bertz CT molecular complexity index is 1250. The molecule has 6 heteroatoms. The van der Waals surface area contributed by atoms with Crippen molar-refractivity contribution in [1.29, 1.82) is 0 Å². The van der Waals surface area contributed by atoms with E-state index in [-0.39, 0.29) is 16.4 Å². The highest BCUT2D eigenvalue weighted by atomic mass is 32.2. The topological polar surface area (TPSA) is 49.3 Å². The minimum absolute atomic E-state index is 0.0267. The van der Waals surface area contributed by atoms with Gasteiger partial charge in [-0.1, -0.05) is 53.8 Å². The van der Waals surface area contributed by atoms with Gasteiger partial charge in [-0.25, -0.2) is 4.39 Å². The van der Waals surface area contributed by atoms with Crippen molar-refractivity contribution < 1.29 is 14.3 Å². The van der Waals surface area contributed by atoms with Crippen molar-refractivity contribution in [3.05, 3.63) is 102 Å². The lowest BCUT2D eigenvalue weighted by molar-refractivity contribution is 0.0970. The van der Waals surface area contributed by atoms with Gasteiger partial charge in [0.15, 0.2) is 5.06 Å². The lowest BCUT2D eigenvalue weighted by atomic mass is 9.99. The fraction of sp³-hybridized carbons (Fsp3) is 0.0417. The average molecular weight is 436 g/mol. The minimum Gasteiger partial charge on any atom is -0.499 e. The molecule has 0 saturated heterocycles. The number of carbonyl (C=O) groups excluding carboxylic acids is 1. The summed E-state index contributed by atoms with van der Waals surface area (Å²) in [4.78, 5) is 14.0. The van der Waals surface area contributed by atoms with Gasteiger partial charge in [0.05, 0.1) is 0 Å². The van der Waals surface area contributed by atoms with Gasteiger partial charge in [0.2, 0.25) is 0 Å². The number of hydrogen-bond acceptors (Lipinski definition) is 4. The van der Waals surface area contributed by atoms with E-state index in [1.54, 1.807) is 30.1 Å². The van der Waals surface area contributed by atoms with Crippen molar-refractivity contribution in [2.75, 3.05) is 6.26 Å². The first-order valence-electron chi connectivity index (χ1n) is 9.18. The van der Waals surface area contributed by atoms with Crippen LogP contribution in [0.15, 0.2) is 83.9 Å². The van der Waals surface area contributed by atoms with E-state index in [4.69, 9.17) is 0 Å². The number of amides is 1. The monoisotopic (exact) mass is 435 g/mol. The number of hydrogen-bond donors (Lipinski definition) is 2. The number of carbonyl (C=O) groups is 1. The van der Waals surface area contributed by atoms with Crippen molar-refractivity contribution in [2.24, 2.45) is 0 Å². The Morgan fingerprint density at radius 3 is 2.53 bits per heavy atom. The van der Waals surface area contributed by atoms with Gasteiger partial charge < -0.3 is 10.4 Å². The van der Waals surface area contributed by atoms with E-state index in [1.165, 1.54) is 23.5 Å². The number of thiophene rings is 1. The molecule has 30 heavy (non-hydrogen) atoms. The highest BCUT2D eigenvalue weighted by Crippen LogP contribution is 2.38. The molecular weight excluding hydrogens is 417 g/mol. The molecule has 0 bridgehead atoms. The van der Waals surface area contributed by atoms with Crippen molar-refractivity contribution in [3.8, 4) is 5.06 Å². The molecule has 4 rings (SSSR count). The second kappa shape index (κ2) is 8.73. The molecule has 0 saturated carbocycles. The van der Waals surface area contributed by atoms with Gasteiger partial charge >= 0.3 is 0 Å². The van der Waals surface area contributed by atoms with Gasteiger partial charge in [-0.15, -0.1) is 11.8 Å². The molecular formula is C24H18FNO2S2. The van der Waals surface area contributed by atoms with Crippen LogP contribution in [-0.2, 0) is 0 Å². The molecule has 3 aromatic carbocycles. The molecule has 0 aliphatic heterocycles. The lowest BCUT2D eigenvalue weighted by Crippen LogP contribution is -2.17. The maximum Gasteiger partial charge on any atom is 0.260 e. The van der Waals surface area contributed by atoms with Gasteiger partial charge in [0.1, 0.15) is 11.4 Å². The van der Waals surface area contributed by atoms with Crippen LogP contribution >= 0.6 is 23.1 Å². The zero-order chi connectivity index (χ0) is 21.1. The summed E-state index contributed by atoms with van der Waals surface area (Å²) in [6, 6.07) is 21.4. The van der Waals surface area contributed by atoms with Crippen LogP contribution in [0.1, 0.15) is 21.5 Å². The summed E-state index contributed by atoms with van der Waals surface area (Å²) in [6.45, 7) is 0. The van der Waals surface area contributed by atoms with Crippen LogP contribution in [0.2, 0.25) is 0 Å². The van der Waals surface area contributed by atoms with E-state index in [0.717, 1.165) is 15.2 Å². The quantitative estimate of drug-likeness (QED) is 0.362. The normalized spacial score (nSPS) is 11.6. The molecule has 1 amide bonds. The van der Waals surface area contributed by atoms with Crippen molar-refractivity contribution in [3.63, 3.8) is 0 Å². The third-order valence-corrected chi connectivity index (χ3v) is 6.37. The van der Waals surface area contributed by atoms with Crippen LogP contribution < -0.4 is 5.32 Å². The number of nitrogens with one attached hydrogen (secondary N) is 1. The fourth-order valence-corrected chi connectivity index (χ4v) is 4.59. The highest BCUT2D eigenvalue weighted by Gasteiger charge is 2.19. The number of aromatic hydroxyl groups is 1. The van der Waals surface area contributed by atoms with E-state index in [9.17, 15) is 14.3 Å². The molecule has 0 atom stereocenters. The van der Waals surface area contributed by atoms with Crippen LogP contribution in [0.4, 0.5) is 4.39 Å². The zero-order valence-corrected chi connectivity index (χ0v) is 17.7. The Labute approximate surface area is 181 Å². The zero-order valence-electron chi connectivity index (χ0n) is 16.1. The van der Waals surface area contributed by atoms with Gasteiger partial charge in [-0.3, -0.25) is 4.79 Å². The molecule has 2 N–H and O–H groups in total. The van der Waals surface area contributed by atoms with Crippen molar-refractivity contribution in [1.82, 2.24) is 5.32 Å². The van der Waals surface area contributed by atoms with Crippen LogP contribution in [0.3, 0.4) is 0 Å². The summed E-state index contributed by atoms with van der Waals surface area (Å²) in [6.07, 6.45) is 3.52. The van der Waals surface area contributed by atoms with Crippen LogP contribution in [0, 0.1) is 5.82 Å². The second-order valence-corrected chi connectivity index (χ2v) is 8.46. The molecule has 0 aliphatic rings. The van der Waals surface area contributed by atoms with Crippen LogP contribution in [-0.4, -0.2) is 17.3 Å². The maximum absolute atomic E-state index is 13.8. The smallest absolute Gasteiger partial charge is 0.260 e. The van der Waals surface area contributed by atoms with Gasteiger partial charge in [-0.2, -0.15) is 0 Å². The van der Waals surface area contributed by atoms with E-state index in [0.29, 0.717) is 16.5 Å². The van der Waals surface area contributed by atoms with E-state index in [1.807, 2.05) is 54.8 Å². The van der Waals surface area contributed by atoms with Crippen molar-refractivity contribution in [2.45, 2.75) is 4.90 Å². The average Bonchev–Trinajstić information content (AvgIpc) is 3.09. The Morgan fingerprint density at radius 1 is 1.03 bits per heavy atom. The van der Waals surface area contributed by atoms with Crippen LogP contribution in [0.25, 0.3) is 15.7 Å². The summed E-state index contributed by atoms with van der Waals surface area (Å²) in [7, 11) is 0. The Balaban J connectivity index is 1.73. The molecule has 0 spiro atoms. The molecule has 150 valence electrons. The molecule has 0 fully saturated rings. The second-order valence-electron chi connectivity index (χ2n) is 6.55. The highest BCUT2D eigenvalue weighted by molar-refractivity contribution is 7.98. The fourth-order valence-electron chi connectivity index (χ4n) is 3.23. The third-order valence-electron chi connectivity index (χ3n) is 4.67. The first kappa shape index (κ1) is 20.2. The predicted octanol–water partition coefficient (Wildman–Crippen LogP) is 6.29. The Hall–Kier alpha value is -3.09. The third kappa shape index (κ3) is 4.10. The summed E-state index contributed by atoms with van der Waals surface area (Å²) >= 11 is 2.74. The molecule has 0 radical (unpaired) electrons. The van der Waals surface area contributed by atoms with E-state index >= 15 is 0 Å². The number of benzene rings is 3. The summed E-state index contributed by atoms with van der Waals surface area (Å²) in [5.74, 6) is -0.770. The molecule has 1 heterocycles. The first-order chi connectivity index (χ1) is 14.6. The largest absolute Gasteiger partial charge is 0.499 e. The number of thioether (sulfide) groups is 1. The summed E-state index contributed by atoms with van der Waals surface area (Å²) in [5.41, 5.74) is 2.40. The Morgan fingerprint density at radius 2 is 1.80 bits per heavy atom. The Kier molecular flexibility index (Phi) is 5.88. The number of fused-ring (bicyclic) bond motifs is 1. The number of halogens is 1. The molecule has 0 unspecified atom stereocenters. The number of rotatable bonds is 5. The van der Waals surface area contributed by atoms with E-state index in [2.05, 4.69) is 5.32 Å². The molecule has 1 aromatic heterocycles.